The van der Waals surface area contributed by atoms with Crippen LogP contribution in [0.5, 0.6) is 5.75 Å². The van der Waals surface area contributed by atoms with Gasteiger partial charge in [-0.05, 0) is 43.3 Å². The smallest absolute Gasteiger partial charge is 0.292 e. The van der Waals surface area contributed by atoms with Crippen LogP contribution in [-0.4, -0.2) is 28.7 Å². The molecule has 8 heteroatoms. The summed E-state index contributed by atoms with van der Waals surface area (Å²) in [4.78, 5) is 33.7. The predicted molar refractivity (Wildman–Crippen MR) is 118 cm³/mol. The van der Waals surface area contributed by atoms with Crippen molar-refractivity contribution in [2.75, 3.05) is 10.3 Å². The first kappa shape index (κ1) is 20.1. The first-order valence-electron chi connectivity index (χ1n) is 9.78. The lowest BCUT2D eigenvalue weighted by molar-refractivity contribution is -0.120. The fourth-order valence-corrected chi connectivity index (χ4v) is 3.00. The van der Waals surface area contributed by atoms with Gasteiger partial charge in [-0.3, -0.25) is 20.0 Å². The third-order valence-corrected chi connectivity index (χ3v) is 4.55. The molecule has 31 heavy (non-hydrogen) atoms. The Morgan fingerprint density at radius 2 is 1.90 bits per heavy atom. The highest BCUT2D eigenvalue weighted by atomic mass is 16.5. The molecule has 1 unspecified atom stereocenters. The van der Waals surface area contributed by atoms with Crippen LogP contribution in [0.25, 0.3) is 0 Å². The van der Waals surface area contributed by atoms with Crippen molar-refractivity contribution in [3.05, 3.63) is 84.7 Å². The van der Waals surface area contributed by atoms with E-state index in [0.717, 1.165) is 5.69 Å². The fraction of sp³-hybridized carbons (Fsp3) is 0.130. The van der Waals surface area contributed by atoms with Crippen LogP contribution in [0, 0.1) is 0 Å². The Balaban J connectivity index is 1.44. The molecule has 8 nitrogen and oxygen atoms in total. The van der Waals surface area contributed by atoms with Crippen LogP contribution in [0.2, 0.25) is 0 Å². The molecule has 3 aromatic rings. The van der Waals surface area contributed by atoms with Crippen molar-refractivity contribution < 1.29 is 14.3 Å². The van der Waals surface area contributed by atoms with E-state index in [2.05, 4.69) is 20.7 Å². The summed E-state index contributed by atoms with van der Waals surface area (Å²) in [5, 5.41) is 4.12. The molecule has 0 aliphatic carbocycles. The van der Waals surface area contributed by atoms with Crippen LogP contribution in [0.3, 0.4) is 0 Å². The number of para-hydroxylation sites is 1. The predicted octanol–water partition coefficient (Wildman–Crippen LogP) is 2.94. The second-order valence-corrected chi connectivity index (χ2v) is 6.87. The Hall–Kier alpha value is -4.20. The Bertz CT molecular complexity index is 1100. The maximum absolute atomic E-state index is 12.8. The van der Waals surface area contributed by atoms with Crippen molar-refractivity contribution >= 4 is 29.0 Å². The topological polar surface area (TPSA) is 95.9 Å². The van der Waals surface area contributed by atoms with Gasteiger partial charge < -0.3 is 10.1 Å². The average Bonchev–Trinajstić information content (AvgIpc) is 2.81. The first-order valence-corrected chi connectivity index (χ1v) is 9.78. The van der Waals surface area contributed by atoms with E-state index < -0.39 is 11.9 Å². The lowest BCUT2D eigenvalue weighted by atomic mass is 10.2. The number of pyridine rings is 1. The number of amides is 2. The number of nitrogens with zero attached hydrogens (tertiary/aromatic N) is 3. The van der Waals surface area contributed by atoms with Crippen molar-refractivity contribution in [1.29, 1.82) is 0 Å². The van der Waals surface area contributed by atoms with Crippen molar-refractivity contribution in [2.24, 2.45) is 4.99 Å². The standard InChI is InChI=1S/C23H21N5O3/c1-16-23(30)28(19-10-3-2-4-11-19)27-21(25-16)22(29)26-17-9-7-12-20(14-17)31-15-18-8-5-6-13-24-18/h2-14,16H,15H2,1H3,(H,25,27)(H,26,29). The SMILES string of the molecule is CC1N=C(C(=O)Nc2cccc(OCc3ccccn3)c2)NN(c2ccccc2)C1=O. The molecule has 2 amide bonds. The molecule has 0 saturated heterocycles. The number of hydrazine groups is 1. The second-order valence-electron chi connectivity index (χ2n) is 6.87. The molecule has 2 aromatic carbocycles. The largest absolute Gasteiger partial charge is 0.487 e. The van der Waals surface area contributed by atoms with Crippen LogP contribution in [0.1, 0.15) is 12.6 Å². The molecule has 0 saturated carbocycles. The van der Waals surface area contributed by atoms with E-state index in [4.69, 9.17) is 4.74 Å². The van der Waals surface area contributed by atoms with E-state index in [1.165, 1.54) is 5.01 Å². The molecule has 4 rings (SSSR count). The number of rotatable bonds is 6. The molecule has 1 aliphatic heterocycles. The second kappa shape index (κ2) is 9.08. The maximum atomic E-state index is 12.8. The number of hydrogen-bond acceptors (Lipinski definition) is 6. The summed E-state index contributed by atoms with van der Waals surface area (Å²) < 4.78 is 5.75. The van der Waals surface area contributed by atoms with Crippen LogP contribution in [-0.2, 0) is 16.2 Å². The summed E-state index contributed by atoms with van der Waals surface area (Å²) in [7, 11) is 0. The maximum Gasteiger partial charge on any atom is 0.292 e. The molecule has 2 N–H and O–H groups in total. The number of carbonyl (C=O) groups is 2. The summed E-state index contributed by atoms with van der Waals surface area (Å²) in [6.07, 6.45) is 1.71. The highest BCUT2D eigenvalue weighted by Crippen LogP contribution is 2.19. The normalized spacial score (nSPS) is 15.6. The zero-order chi connectivity index (χ0) is 21.6. The summed E-state index contributed by atoms with van der Waals surface area (Å²) >= 11 is 0. The lowest BCUT2D eigenvalue weighted by Crippen LogP contribution is -2.57. The Morgan fingerprint density at radius 3 is 2.68 bits per heavy atom. The summed E-state index contributed by atoms with van der Waals surface area (Å²) in [5.74, 6) is -0.0537. The Kier molecular flexibility index (Phi) is 5.89. The molecule has 0 bridgehead atoms. The van der Waals surface area contributed by atoms with Gasteiger partial charge in [0.2, 0.25) is 5.84 Å². The Morgan fingerprint density at radius 1 is 1.10 bits per heavy atom. The van der Waals surface area contributed by atoms with Gasteiger partial charge in [-0.25, -0.2) is 10.0 Å². The van der Waals surface area contributed by atoms with Gasteiger partial charge in [0.15, 0.2) is 0 Å². The van der Waals surface area contributed by atoms with E-state index in [-0.39, 0.29) is 11.7 Å². The van der Waals surface area contributed by atoms with Crippen molar-refractivity contribution in [3.63, 3.8) is 0 Å². The third kappa shape index (κ3) is 4.87. The minimum Gasteiger partial charge on any atom is -0.487 e. The first-order chi connectivity index (χ1) is 15.1. The van der Waals surface area contributed by atoms with Crippen LogP contribution in [0.15, 0.2) is 84.0 Å². The summed E-state index contributed by atoms with van der Waals surface area (Å²) in [6, 6.07) is 21.0. The molecule has 1 atom stereocenters. The monoisotopic (exact) mass is 415 g/mol. The quantitative estimate of drug-likeness (QED) is 0.645. The van der Waals surface area contributed by atoms with Gasteiger partial charge >= 0.3 is 0 Å². The number of aliphatic imine (C=N–C) groups is 1. The van der Waals surface area contributed by atoms with E-state index in [9.17, 15) is 9.59 Å². The van der Waals surface area contributed by atoms with Gasteiger partial charge in [0.05, 0.1) is 11.4 Å². The molecule has 0 spiro atoms. The summed E-state index contributed by atoms with van der Waals surface area (Å²) in [6.45, 7) is 1.97. The number of amidine groups is 1. The van der Waals surface area contributed by atoms with E-state index >= 15 is 0 Å². The molecule has 1 aliphatic rings. The molecular formula is C23H21N5O3. The lowest BCUT2D eigenvalue weighted by Gasteiger charge is -2.30. The van der Waals surface area contributed by atoms with Gasteiger partial charge in [0.1, 0.15) is 18.4 Å². The molecule has 2 heterocycles. The van der Waals surface area contributed by atoms with Crippen LogP contribution >= 0.6 is 0 Å². The van der Waals surface area contributed by atoms with Gasteiger partial charge in [-0.2, -0.15) is 0 Å². The zero-order valence-corrected chi connectivity index (χ0v) is 16.9. The van der Waals surface area contributed by atoms with E-state index in [0.29, 0.717) is 23.7 Å². The highest BCUT2D eigenvalue weighted by Gasteiger charge is 2.30. The minimum atomic E-state index is -0.685. The minimum absolute atomic E-state index is 0.0516. The van der Waals surface area contributed by atoms with Crippen molar-refractivity contribution in [1.82, 2.24) is 10.4 Å². The number of aromatic nitrogens is 1. The number of benzene rings is 2. The van der Waals surface area contributed by atoms with Gasteiger partial charge in [0, 0.05) is 18.0 Å². The van der Waals surface area contributed by atoms with Crippen molar-refractivity contribution in [2.45, 2.75) is 19.6 Å². The number of nitrogens with one attached hydrogen (secondary N) is 2. The number of carbonyl (C=O) groups excluding carboxylic acids is 2. The molecule has 156 valence electrons. The molecule has 0 radical (unpaired) electrons. The number of hydrogen-bond donors (Lipinski definition) is 2. The highest BCUT2D eigenvalue weighted by molar-refractivity contribution is 6.43. The summed E-state index contributed by atoms with van der Waals surface area (Å²) in [5.41, 5.74) is 4.79. The number of ether oxygens (including phenoxy) is 1. The van der Waals surface area contributed by atoms with E-state index in [1.807, 2.05) is 36.4 Å². The van der Waals surface area contributed by atoms with Crippen molar-refractivity contribution in [3.8, 4) is 5.75 Å². The van der Waals surface area contributed by atoms with Crippen LogP contribution < -0.4 is 20.5 Å². The van der Waals surface area contributed by atoms with Gasteiger partial charge in [-0.15, -0.1) is 0 Å². The van der Waals surface area contributed by atoms with Gasteiger partial charge in [-0.1, -0.05) is 30.3 Å². The van der Waals surface area contributed by atoms with Crippen LogP contribution in [0.4, 0.5) is 11.4 Å². The molecule has 0 fully saturated rings. The third-order valence-electron chi connectivity index (χ3n) is 4.55. The Labute approximate surface area is 179 Å². The molecule has 1 aromatic heterocycles. The van der Waals surface area contributed by atoms with E-state index in [1.54, 1.807) is 49.5 Å². The number of anilines is 2. The average molecular weight is 415 g/mol. The zero-order valence-electron chi connectivity index (χ0n) is 16.9. The fourth-order valence-electron chi connectivity index (χ4n) is 3.00. The molecular weight excluding hydrogens is 394 g/mol. The van der Waals surface area contributed by atoms with Gasteiger partial charge in [0.25, 0.3) is 11.8 Å².